The summed E-state index contributed by atoms with van der Waals surface area (Å²) < 4.78 is 26.9. The summed E-state index contributed by atoms with van der Waals surface area (Å²) in [6.07, 6.45) is 1.29. The van der Waals surface area contributed by atoms with Crippen molar-refractivity contribution >= 4 is 50.7 Å². The summed E-state index contributed by atoms with van der Waals surface area (Å²) in [7, 11) is -3.84. The van der Waals surface area contributed by atoms with Gasteiger partial charge in [-0.2, -0.15) is 0 Å². The number of benzene rings is 3. The fourth-order valence-corrected chi connectivity index (χ4v) is 5.62. The van der Waals surface area contributed by atoms with E-state index in [9.17, 15) is 18.0 Å². The van der Waals surface area contributed by atoms with Crippen molar-refractivity contribution in [3.05, 3.63) is 99.5 Å². The summed E-state index contributed by atoms with van der Waals surface area (Å²) in [5, 5.41) is 3.73. The molecule has 7 nitrogen and oxygen atoms in total. The van der Waals surface area contributed by atoms with Crippen LogP contribution in [0, 0.1) is 12.8 Å². The lowest BCUT2D eigenvalue weighted by molar-refractivity contribution is -0.140. The molecule has 3 rings (SSSR count). The Hall–Kier alpha value is -3.07. The number of hydrogen-bond acceptors (Lipinski definition) is 4. The van der Waals surface area contributed by atoms with Gasteiger partial charge in [0.2, 0.25) is 21.8 Å². The molecule has 0 heterocycles. The molecule has 0 radical (unpaired) electrons. The van der Waals surface area contributed by atoms with Crippen LogP contribution >= 0.6 is 23.2 Å². The van der Waals surface area contributed by atoms with Crippen LogP contribution < -0.4 is 9.62 Å². The summed E-state index contributed by atoms with van der Waals surface area (Å²) in [5.74, 6) is -0.684. The van der Waals surface area contributed by atoms with E-state index in [4.69, 9.17) is 23.2 Å². The van der Waals surface area contributed by atoms with Crippen molar-refractivity contribution in [2.45, 2.75) is 39.8 Å². The zero-order valence-electron chi connectivity index (χ0n) is 23.1. The van der Waals surface area contributed by atoms with Gasteiger partial charge in [0.1, 0.15) is 12.6 Å². The molecule has 1 N–H and O–H groups in total. The summed E-state index contributed by atoms with van der Waals surface area (Å²) in [4.78, 5) is 29.2. The molecule has 0 aliphatic heterocycles. The third kappa shape index (κ3) is 8.71. The van der Waals surface area contributed by atoms with Gasteiger partial charge in [0.05, 0.1) is 11.9 Å². The van der Waals surface area contributed by atoms with Crippen molar-refractivity contribution in [2.75, 3.05) is 23.7 Å². The molecule has 0 fully saturated rings. The minimum Gasteiger partial charge on any atom is -0.354 e. The minimum absolute atomic E-state index is 0.0210. The molecular formula is C30H35Cl2N3O4S. The van der Waals surface area contributed by atoms with E-state index >= 15 is 0 Å². The highest BCUT2D eigenvalue weighted by molar-refractivity contribution is 7.92. The quantitative estimate of drug-likeness (QED) is 0.297. The number of nitrogens with one attached hydrogen (secondary N) is 1. The third-order valence-electron chi connectivity index (χ3n) is 6.37. The lowest BCUT2D eigenvalue weighted by Gasteiger charge is -2.34. The standard InChI is InChI=1S/C30H35Cl2N3O4S/c1-21(2)18-33-30(37)28(16-23-11-6-5-7-12-23)34(19-24-14-15-25(31)17-26(24)32)29(36)20-35(40(4,38)39)27-13-9-8-10-22(27)3/h5-15,17,21,28H,16,18-20H2,1-4H3,(H,33,37)/t28-/m0/s1. The number of rotatable bonds is 12. The van der Waals surface area contributed by atoms with Crippen LogP contribution in [0.1, 0.15) is 30.5 Å². The summed E-state index contributed by atoms with van der Waals surface area (Å²) >= 11 is 12.6. The van der Waals surface area contributed by atoms with Crippen LogP contribution in [0.4, 0.5) is 5.69 Å². The molecule has 214 valence electrons. The highest BCUT2D eigenvalue weighted by Gasteiger charge is 2.33. The van der Waals surface area contributed by atoms with Crippen LogP contribution in [-0.4, -0.2) is 50.5 Å². The Bertz CT molecular complexity index is 1430. The molecule has 0 bridgehead atoms. The highest BCUT2D eigenvalue weighted by Crippen LogP contribution is 2.26. The van der Waals surface area contributed by atoms with Crippen LogP contribution in [-0.2, 0) is 32.6 Å². The van der Waals surface area contributed by atoms with Gasteiger partial charge in [-0.15, -0.1) is 0 Å². The number of hydrogen-bond donors (Lipinski definition) is 1. The molecule has 0 aromatic heterocycles. The molecule has 10 heteroatoms. The second kappa shape index (κ2) is 14.0. The molecule has 2 amide bonds. The number of anilines is 1. The van der Waals surface area contributed by atoms with E-state index in [0.29, 0.717) is 33.4 Å². The lowest BCUT2D eigenvalue weighted by atomic mass is 10.0. The van der Waals surface area contributed by atoms with Gasteiger partial charge >= 0.3 is 0 Å². The Morgan fingerprint density at radius 2 is 1.60 bits per heavy atom. The Morgan fingerprint density at radius 3 is 2.20 bits per heavy atom. The first kappa shape index (κ1) is 31.5. The highest BCUT2D eigenvalue weighted by atomic mass is 35.5. The molecule has 0 saturated carbocycles. The minimum atomic E-state index is -3.84. The molecule has 0 spiro atoms. The number of amides is 2. The van der Waals surface area contributed by atoms with Crippen molar-refractivity contribution in [3.63, 3.8) is 0 Å². The van der Waals surface area contributed by atoms with Crippen molar-refractivity contribution in [3.8, 4) is 0 Å². The van der Waals surface area contributed by atoms with E-state index in [-0.39, 0.29) is 24.8 Å². The van der Waals surface area contributed by atoms with Gasteiger partial charge in [-0.05, 0) is 47.7 Å². The van der Waals surface area contributed by atoms with Crippen LogP contribution in [0.15, 0.2) is 72.8 Å². The smallest absolute Gasteiger partial charge is 0.244 e. The Kier molecular flexibility index (Phi) is 11.0. The second-order valence-electron chi connectivity index (χ2n) is 10.2. The predicted molar refractivity (Wildman–Crippen MR) is 162 cm³/mol. The van der Waals surface area contributed by atoms with Crippen molar-refractivity contribution in [1.29, 1.82) is 0 Å². The number of aryl methyl sites for hydroxylation is 1. The molecule has 0 unspecified atom stereocenters. The first-order chi connectivity index (χ1) is 18.9. The molecular weight excluding hydrogens is 569 g/mol. The second-order valence-corrected chi connectivity index (χ2v) is 12.9. The number of para-hydroxylation sites is 1. The monoisotopic (exact) mass is 603 g/mol. The van der Waals surface area contributed by atoms with E-state index in [1.54, 1.807) is 49.4 Å². The van der Waals surface area contributed by atoms with Gasteiger partial charge in [0, 0.05) is 29.6 Å². The largest absolute Gasteiger partial charge is 0.354 e. The van der Waals surface area contributed by atoms with Gasteiger partial charge < -0.3 is 10.2 Å². The number of carbonyl (C=O) groups is 2. The summed E-state index contributed by atoms with van der Waals surface area (Å²) in [6.45, 7) is 5.65. The normalized spacial score (nSPS) is 12.2. The Labute approximate surface area is 247 Å². The van der Waals surface area contributed by atoms with E-state index in [1.807, 2.05) is 44.2 Å². The Balaban J connectivity index is 2.08. The van der Waals surface area contributed by atoms with Crippen LogP contribution in [0.5, 0.6) is 0 Å². The van der Waals surface area contributed by atoms with E-state index in [2.05, 4.69) is 5.32 Å². The molecule has 3 aromatic carbocycles. The van der Waals surface area contributed by atoms with Crippen molar-refractivity contribution < 1.29 is 18.0 Å². The van der Waals surface area contributed by atoms with Crippen molar-refractivity contribution in [2.24, 2.45) is 5.92 Å². The average molecular weight is 605 g/mol. The molecule has 0 aliphatic carbocycles. The van der Waals surface area contributed by atoms with E-state index < -0.39 is 28.5 Å². The van der Waals surface area contributed by atoms with E-state index in [0.717, 1.165) is 16.1 Å². The van der Waals surface area contributed by atoms with Crippen LogP contribution in [0.2, 0.25) is 10.0 Å². The van der Waals surface area contributed by atoms with Crippen LogP contribution in [0.25, 0.3) is 0 Å². The number of carbonyl (C=O) groups excluding carboxylic acids is 2. The lowest BCUT2D eigenvalue weighted by Crippen LogP contribution is -2.53. The maximum atomic E-state index is 14.1. The molecule has 3 aromatic rings. The average Bonchev–Trinajstić information content (AvgIpc) is 2.89. The maximum absolute atomic E-state index is 14.1. The van der Waals surface area contributed by atoms with Crippen molar-refractivity contribution in [1.82, 2.24) is 10.2 Å². The van der Waals surface area contributed by atoms with Gasteiger partial charge in [0.15, 0.2) is 0 Å². The molecule has 0 aliphatic rings. The molecule has 0 saturated heterocycles. The summed E-state index contributed by atoms with van der Waals surface area (Å²) in [5.41, 5.74) is 2.53. The van der Waals surface area contributed by atoms with Gasteiger partial charge in [0.25, 0.3) is 0 Å². The topological polar surface area (TPSA) is 86.8 Å². The fourth-order valence-electron chi connectivity index (χ4n) is 4.25. The van der Waals surface area contributed by atoms with E-state index in [1.165, 1.54) is 4.90 Å². The van der Waals surface area contributed by atoms with Gasteiger partial charge in [-0.25, -0.2) is 8.42 Å². The zero-order chi connectivity index (χ0) is 29.4. The fraction of sp³-hybridized carbons (Fsp3) is 0.333. The molecule has 40 heavy (non-hydrogen) atoms. The van der Waals surface area contributed by atoms with Gasteiger partial charge in [-0.1, -0.05) is 91.6 Å². The maximum Gasteiger partial charge on any atom is 0.244 e. The SMILES string of the molecule is Cc1ccccc1N(CC(=O)N(Cc1ccc(Cl)cc1Cl)[C@@H](Cc1ccccc1)C(=O)NCC(C)C)S(C)(=O)=O. The van der Waals surface area contributed by atoms with Crippen LogP contribution in [0.3, 0.4) is 0 Å². The predicted octanol–water partition coefficient (Wildman–Crippen LogP) is 5.48. The Morgan fingerprint density at radius 1 is 0.950 bits per heavy atom. The molecule has 1 atom stereocenters. The number of halogens is 2. The summed E-state index contributed by atoms with van der Waals surface area (Å²) in [6, 6.07) is 20.3. The number of nitrogens with zero attached hydrogens (tertiary/aromatic N) is 2. The van der Waals surface area contributed by atoms with Gasteiger partial charge in [-0.3, -0.25) is 13.9 Å². The first-order valence-corrected chi connectivity index (χ1v) is 15.6. The zero-order valence-corrected chi connectivity index (χ0v) is 25.4. The third-order valence-corrected chi connectivity index (χ3v) is 8.09. The first-order valence-electron chi connectivity index (χ1n) is 12.9. The number of sulfonamides is 1.